The topological polar surface area (TPSA) is 214 Å². The lowest BCUT2D eigenvalue weighted by Gasteiger charge is -2.42. The van der Waals surface area contributed by atoms with E-state index < -0.39 is 80.7 Å². The van der Waals surface area contributed by atoms with E-state index in [0.29, 0.717) is 13.0 Å². The Morgan fingerprint density at radius 2 is 0.774 bits per heavy atom. The molecule has 14 heteroatoms. The second-order valence-corrected chi connectivity index (χ2v) is 24.3. The number of unbranched alkanes of at least 4 members (excludes halogenated alkanes) is 36. The Morgan fingerprint density at radius 1 is 0.405 bits per heavy atom. The molecule has 0 bridgehead atoms. The number of hydrogen-bond donors (Lipinski definition) is 7. The van der Waals surface area contributed by atoms with Gasteiger partial charge in [-0.15, -0.1) is 0 Å². The van der Waals surface area contributed by atoms with E-state index >= 15 is 0 Å². The maximum Gasteiger partial charge on any atom is 0.306 e. The Hall–Kier alpha value is -2.05. The molecule has 0 radical (unpaired) electrons. The molecule has 2 rings (SSSR count). The molecule has 2 aliphatic rings. The van der Waals surface area contributed by atoms with Gasteiger partial charge in [-0.2, -0.15) is 0 Å². The summed E-state index contributed by atoms with van der Waals surface area (Å²) in [4.78, 5) is 13.2. The number of carbonyl (C=O) groups excluding carboxylic acids is 1. The van der Waals surface area contributed by atoms with E-state index in [1.165, 1.54) is 199 Å². The quantitative estimate of drug-likeness (QED) is 0.0171. The van der Waals surface area contributed by atoms with Crippen molar-refractivity contribution in [2.75, 3.05) is 33.0 Å². The molecule has 7 N–H and O–H groups in total. The molecule has 11 unspecified atom stereocenters. The Labute approximate surface area is 512 Å². The third-order valence-corrected chi connectivity index (χ3v) is 16.6. The molecule has 2 saturated heterocycles. The molecule has 14 nitrogen and oxygen atoms in total. The lowest BCUT2D eigenvalue weighted by molar-refractivity contribution is -0.332. The van der Waals surface area contributed by atoms with Gasteiger partial charge in [-0.25, -0.2) is 0 Å². The summed E-state index contributed by atoms with van der Waals surface area (Å²) in [6.45, 7) is 3.64. The summed E-state index contributed by atoms with van der Waals surface area (Å²) in [6.07, 6.45) is 54.7. The molecule has 0 amide bonds. The van der Waals surface area contributed by atoms with Gasteiger partial charge < -0.3 is 64.2 Å². The fraction of sp³-hybridized carbons (Fsp3) is 0.871. The second kappa shape index (κ2) is 56.2. The predicted molar refractivity (Wildman–Crippen MR) is 339 cm³/mol. The van der Waals surface area contributed by atoms with Crippen LogP contribution in [0.15, 0.2) is 48.6 Å². The zero-order valence-electron chi connectivity index (χ0n) is 53.4. The smallest absolute Gasteiger partial charge is 0.306 e. The van der Waals surface area contributed by atoms with E-state index in [1.54, 1.807) is 0 Å². The molecule has 492 valence electrons. The van der Waals surface area contributed by atoms with Gasteiger partial charge in [-0.05, 0) is 51.4 Å². The lowest BCUT2D eigenvalue weighted by Crippen LogP contribution is -2.61. The minimum atomic E-state index is -1.71. The van der Waals surface area contributed by atoms with Crippen LogP contribution in [0.1, 0.15) is 290 Å². The summed E-state index contributed by atoms with van der Waals surface area (Å²) in [5.74, 6) is -0.370. The molecule has 0 aromatic rings. The Morgan fingerprint density at radius 3 is 1.21 bits per heavy atom. The van der Waals surface area contributed by atoms with E-state index in [4.69, 9.17) is 28.4 Å². The maximum absolute atomic E-state index is 13.2. The average molecular weight is 1190 g/mol. The number of aliphatic hydroxyl groups is 7. The van der Waals surface area contributed by atoms with E-state index in [2.05, 4.69) is 62.5 Å². The van der Waals surface area contributed by atoms with Crippen LogP contribution in [-0.4, -0.2) is 142 Å². The van der Waals surface area contributed by atoms with Gasteiger partial charge in [-0.3, -0.25) is 4.79 Å². The van der Waals surface area contributed by atoms with Crippen LogP contribution in [0.25, 0.3) is 0 Å². The molecule has 0 saturated carbocycles. The number of rotatable bonds is 58. The maximum atomic E-state index is 13.2. The molecule has 0 spiro atoms. The van der Waals surface area contributed by atoms with Crippen LogP contribution in [-0.2, 0) is 33.2 Å². The number of allylic oxidation sites excluding steroid dienone is 8. The normalized spacial score (nSPS) is 23.5. The Bertz CT molecular complexity index is 1570. The Kier molecular flexibility index (Phi) is 52.2. The van der Waals surface area contributed by atoms with Crippen LogP contribution < -0.4 is 0 Å². The third kappa shape index (κ3) is 41.2. The van der Waals surface area contributed by atoms with Gasteiger partial charge in [0.25, 0.3) is 0 Å². The van der Waals surface area contributed by atoms with Crippen LogP contribution in [0.2, 0.25) is 0 Å². The molecule has 2 fully saturated rings. The van der Waals surface area contributed by atoms with Gasteiger partial charge in [-0.1, -0.05) is 281 Å². The fourth-order valence-electron chi connectivity index (χ4n) is 11.1. The molecule has 0 aliphatic carbocycles. The molecule has 0 aromatic heterocycles. The largest absolute Gasteiger partial charge is 0.457 e. The summed E-state index contributed by atoms with van der Waals surface area (Å²) < 4.78 is 34.6. The second-order valence-electron chi connectivity index (χ2n) is 24.3. The molecule has 2 heterocycles. The van der Waals surface area contributed by atoms with E-state index in [-0.39, 0.29) is 25.6 Å². The van der Waals surface area contributed by atoms with E-state index in [1.807, 2.05) is 0 Å². The highest BCUT2D eigenvalue weighted by molar-refractivity contribution is 5.69. The third-order valence-electron chi connectivity index (χ3n) is 16.6. The molecule has 0 aromatic carbocycles. The molecule has 2 aliphatic heterocycles. The van der Waals surface area contributed by atoms with Gasteiger partial charge in [0, 0.05) is 13.0 Å². The van der Waals surface area contributed by atoms with E-state index in [0.717, 1.165) is 64.2 Å². The van der Waals surface area contributed by atoms with Crippen LogP contribution in [0.3, 0.4) is 0 Å². The monoisotopic (exact) mass is 1190 g/mol. The van der Waals surface area contributed by atoms with Crippen molar-refractivity contribution in [1.29, 1.82) is 0 Å². The zero-order chi connectivity index (χ0) is 60.8. The first-order chi connectivity index (χ1) is 41.1. The van der Waals surface area contributed by atoms with Crippen molar-refractivity contribution in [1.82, 2.24) is 0 Å². The summed E-state index contributed by atoms with van der Waals surface area (Å²) in [5.41, 5.74) is 0. The first-order valence-electron chi connectivity index (χ1n) is 34.7. The fourth-order valence-corrected chi connectivity index (χ4v) is 11.1. The first-order valence-corrected chi connectivity index (χ1v) is 34.7. The minimum absolute atomic E-state index is 0.0636. The molecular weight excluding hydrogens is 1060 g/mol. The van der Waals surface area contributed by atoms with Gasteiger partial charge in [0.2, 0.25) is 0 Å². The van der Waals surface area contributed by atoms with Gasteiger partial charge in [0.15, 0.2) is 12.6 Å². The van der Waals surface area contributed by atoms with Crippen LogP contribution in [0.4, 0.5) is 0 Å². The highest BCUT2D eigenvalue weighted by Crippen LogP contribution is 2.27. The number of ether oxygens (including phenoxy) is 6. The standard InChI is InChI=1S/C70H128O14/c1-3-5-7-9-11-13-15-17-19-21-23-25-27-29-30-32-34-36-38-40-42-44-46-48-50-52-54-79-56-59(57-80-69-68(78)66(76)64(74)61(84-69)58-81-70-67(77)65(75)63(73)60(55-71)83-70)82-62(72)53-51-49-47-45-43-41-39-37-35-33-31-28-26-24-22-20-18-16-14-12-10-8-6-4-2/h5,7,11,13,17,19,23,25,59-61,63-71,73-78H,3-4,6,8-10,12,14-16,18,20-22,24,26-58H2,1-2H3/b7-5-,13-11-,19-17-,25-23-. The number of hydrogen-bond acceptors (Lipinski definition) is 14. The van der Waals surface area contributed by atoms with Gasteiger partial charge in [0.1, 0.15) is 54.9 Å². The first kappa shape index (κ1) is 78.0. The van der Waals surface area contributed by atoms with Crippen LogP contribution >= 0.6 is 0 Å². The van der Waals surface area contributed by atoms with E-state index in [9.17, 15) is 40.5 Å². The van der Waals surface area contributed by atoms with Crippen molar-refractivity contribution in [3.63, 3.8) is 0 Å². The van der Waals surface area contributed by atoms with Crippen molar-refractivity contribution >= 4 is 5.97 Å². The number of carbonyl (C=O) groups is 1. The summed E-state index contributed by atoms with van der Waals surface area (Å²) in [5, 5.41) is 72.6. The molecule has 11 atom stereocenters. The lowest BCUT2D eigenvalue weighted by atomic mass is 9.98. The average Bonchev–Trinajstić information content (AvgIpc) is 3.15. The van der Waals surface area contributed by atoms with Crippen molar-refractivity contribution in [3.8, 4) is 0 Å². The highest BCUT2D eigenvalue weighted by Gasteiger charge is 2.47. The predicted octanol–water partition coefficient (Wildman–Crippen LogP) is 14.6. The van der Waals surface area contributed by atoms with Crippen molar-refractivity contribution in [3.05, 3.63) is 48.6 Å². The molecular formula is C70H128O14. The summed E-state index contributed by atoms with van der Waals surface area (Å²) >= 11 is 0. The van der Waals surface area contributed by atoms with Crippen molar-refractivity contribution in [2.45, 2.75) is 357 Å². The molecule has 84 heavy (non-hydrogen) atoms. The van der Waals surface area contributed by atoms with Gasteiger partial charge in [0.05, 0.1) is 26.4 Å². The highest BCUT2D eigenvalue weighted by atomic mass is 16.7. The summed E-state index contributed by atoms with van der Waals surface area (Å²) in [6, 6.07) is 0. The van der Waals surface area contributed by atoms with Crippen molar-refractivity contribution in [2.24, 2.45) is 0 Å². The number of aliphatic hydroxyl groups excluding tert-OH is 7. The summed E-state index contributed by atoms with van der Waals surface area (Å²) in [7, 11) is 0. The van der Waals surface area contributed by atoms with Crippen molar-refractivity contribution < 1.29 is 69.0 Å². The van der Waals surface area contributed by atoms with Crippen LogP contribution in [0.5, 0.6) is 0 Å². The van der Waals surface area contributed by atoms with Gasteiger partial charge >= 0.3 is 5.97 Å². The SMILES string of the molecule is CC/C=C\C/C=C\C/C=C\C/C=C\CCCCCCCCCCCCCCCOCC(COC1OC(COC2OC(CO)C(O)C(O)C2O)C(O)C(O)C1O)OC(=O)CCCCCCCCCCCCCCCCCCCCCCCCCC. The Balaban J connectivity index is 1.63. The minimum Gasteiger partial charge on any atom is -0.457 e. The van der Waals surface area contributed by atoms with Crippen LogP contribution in [0, 0.1) is 0 Å². The number of esters is 1. The zero-order valence-corrected chi connectivity index (χ0v) is 53.4.